The zero-order chi connectivity index (χ0) is 48.2. The number of nitrogens with zero attached hydrogens (tertiary/aromatic N) is 2. The first-order chi connectivity index (χ1) is 32.5. The van der Waals surface area contributed by atoms with Crippen molar-refractivity contribution in [2.45, 2.75) is 159 Å². The topological polar surface area (TPSA) is 185 Å². The number of hydrogen-bond acceptors (Lipinski definition) is 11. The fourth-order valence-electron chi connectivity index (χ4n) is 10.5. The molecular weight excluding hydrogens is 873 g/mol. The van der Waals surface area contributed by atoms with Gasteiger partial charge in [-0.15, -0.1) is 6.58 Å². The van der Waals surface area contributed by atoms with Gasteiger partial charge < -0.3 is 39.9 Å². The van der Waals surface area contributed by atoms with Gasteiger partial charge in [-0.3, -0.25) is 4.79 Å². The number of nitrogens with one attached hydrogen (secondary N) is 2. The molecular formula is C52H78N4O10S. The van der Waals surface area contributed by atoms with E-state index in [0.717, 1.165) is 56.1 Å². The van der Waals surface area contributed by atoms with E-state index in [-0.39, 0.29) is 61.3 Å². The molecule has 0 saturated heterocycles. The van der Waals surface area contributed by atoms with Crippen molar-refractivity contribution in [1.29, 1.82) is 0 Å². The maximum Gasteiger partial charge on any atom is 0.412 e. The molecule has 6 atom stereocenters. The summed E-state index contributed by atoms with van der Waals surface area (Å²) in [7, 11) is -2.78. The van der Waals surface area contributed by atoms with E-state index in [1.807, 2.05) is 13.0 Å². The number of rotatable bonds is 30. The quantitative estimate of drug-likeness (QED) is 0.0334. The Bertz CT molecular complexity index is 2060. The molecule has 1 heterocycles. The summed E-state index contributed by atoms with van der Waals surface area (Å²) in [6.45, 7) is 10.3. The Kier molecular flexibility index (Phi) is 21.7. The first kappa shape index (κ1) is 53.7. The Balaban J connectivity index is 1.57. The number of fused-ring (bicyclic) bond motifs is 2. The molecule has 372 valence electrons. The Morgan fingerprint density at radius 2 is 1.58 bits per heavy atom. The second-order valence-electron chi connectivity index (χ2n) is 18.3. The van der Waals surface area contributed by atoms with Crippen LogP contribution < -0.4 is 20.1 Å². The van der Waals surface area contributed by atoms with E-state index in [2.05, 4.69) is 35.4 Å². The maximum atomic E-state index is 15.1. The number of carbonyl (C=O) groups is 2. The van der Waals surface area contributed by atoms with Crippen LogP contribution in [0.25, 0.3) is 0 Å². The number of aliphatic hydroxyl groups excluding tert-OH is 2. The lowest BCUT2D eigenvalue weighted by atomic mass is 9.55. The number of carbonyl (C=O) groups excluding carboxylic acids is 2. The number of hydrogen-bond donors (Lipinski definition) is 4. The van der Waals surface area contributed by atoms with Crippen LogP contribution in [-0.4, -0.2) is 92.5 Å². The lowest BCUT2D eigenvalue weighted by Gasteiger charge is -2.59. The van der Waals surface area contributed by atoms with Crippen LogP contribution in [0.2, 0.25) is 0 Å². The average Bonchev–Trinajstić information content (AvgIpc) is 3.31. The number of oxime groups is 1. The average molecular weight is 951 g/mol. The zero-order valence-corrected chi connectivity index (χ0v) is 41.3. The molecule has 1 aliphatic heterocycles. The Morgan fingerprint density at radius 1 is 0.910 bits per heavy atom. The van der Waals surface area contributed by atoms with Crippen molar-refractivity contribution >= 4 is 33.4 Å². The molecule has 14 nitrogen and oxygen atoms in total. The molecule has 3 aliphatic rings. The van der Waals surface area contributed by atoms with E-state index in [0.29, 0.717) is 48.7 Å². The predicted octanol–water partition coefficient (Wildman–Crippen LogP) is 10.0. The minimum absolute atomic E-state index is 0.00492. The third-order valence-electron chi connectivity index (χ3n) is 13.4. The fraction of sp³-hybridized carbons (Fsp3) is 0.635. The van der Waals surface area contributed by atoms with E-state index >= 15 is 8.42 Å². The summed E-state index contributed by atoms with van der Waals surface area (Å²) in [5.74, 6) is -2.11. The van der Waals surface area contributed by atoms with Crippen molar-refractivity contribution < 1.29 is 47.3 Å². The Labute approximate surface area is 400 Å². The van der Waals surface area contributed by atoms with E-state index in [4.69, 9.17) is 19.0 Å². The molecule has 15 heteroatoms. The van der Waals surface area contributed by atoms with Gasteiger partial charge in [0.1, 0.15) is 18.6 Å². The van der Waals surface area contributed by atoms with Crippen molar-refractivity contribution in [2.75, 3.05) is 45.3 Å². The first-order valence-corrected chi connectivity index (χ1v) is 26.4. The predicted molar refractivity (Wildman–Crippen MR) is 263 cm³/mol. The lowest BCUT2D eigenvalue weighted by molar-refractivity contribution is -0.251. The summed E-state index contributed by atoms with van der Waals surface area (Å²) in [6, 6.07) is 10.5. The molecule has 2 aliphatic carbocycles. The highest BCUT2D eigenvalue weighted by Gasteiger charge is 2.66. The van der Waals surface area contributed by atoms with E-state index in [1.165, 1.54) is 75.4 Å². The van der Waals surface area contributed by atoms with Gasteiger partial charge in [0.15, 0.2) is 0 Å². The van der Waals surface area contributed by atoms with Crippen LogP contribution in [0.1, 0.15) is 148 Å². The highest BCUT2D eigenvalue weighted by Crippen LogP contribution is 2.62. The van der Waals surface area contributed by atoms with E-state index in [9.17, 15) is 19.8 Å². The summed E-state index contributed by atoms with van der Waals surface area (Å²) in [4.78, 5) is 30.7. The van der Waals surface area contributed by atoms with Gasteiger partial charge in [0.05, 0.1) is 29.2 Å². The van der Waals surface area contributed by atoms with Gasteiger partial charge in [0.2, 0.25) is 21.7 Å². The molecule has 2 aromatic rings. The third-order valence-corrected chi connectivity index (χ3v) is 15.4. The van der Waals surface area contributed by atoms with Gasteiger partial charge in [-0.1, -0.05) is 102 Å². The van der Waals surface area contributed by atoms with Crippen LogP contribution in [0.4, 0.5) is 10.5 Å². The number of sulfonamides is 1. The zero-order valence-electron chi connectivity index (χ0n) is 40.5. The third kappa shape index (κ3) is 13.9. The number of allylic oxidation sites excluding steroid dienone is 1. The Hall–Kier alpha value is -4.28. The molecule has 0 radical (unpaired) electrons. The molecule has 1 fully saturated rings. The van der Waals surface area contributed by atoms with Gasteiger partial charge in [-0.25, -0.2) is 13.2 Å². The number of amides is 2. The second-order valence-corrected chi connectivity index (χ2v) is 20.2. The largest absolute Gasteiger partial charge is 0.460 e. The maximum absolute atomic E-state index is 15.1. The molecule has 67 heavy (non-hydrogen) atoms. The molecule has 0 aromatic heterocycles. The number of unbranched alkanes of at least 4 members (excludes halogenated alkanes) is 11. The van der Waals surface area contributed by atoms with Crippen LogP contribution in [0.5, 0.6) is 11.5 Å². The molecule has 0 spiro atoms. The van der Waals surface area contributed by atoms with Gasteiger partial charge >= 0.3 is 6.09 Å². The molecule has 6 unspecified atom stereocenters. The molecule has 1 saturated carbocycles. The summed E-state index contributed by atoms with van der Waals surface area (Å²) >= 11 is 0. The van der Waals surface area contributed by atoms with Crippen LogP contribution in [0, 0.1) is 17.8 Å². The molecule has 5 rings (SSSR count). The number of ether oxygens (including phenoxy) is 3. The van der Waals surface area contributed by atoms with Crippen LogP contribution in [0.15, 0.2) is 76.8 Å². The van der Waals surface area contributed by atoms with E-state index < -0.39 is 33.9 Å². The molecule has 4 N–H and O–H groups in total. The van der Waals surface area contributed by atoms with Crippen molar-refractivity contribution in [3.8, 4) is 11.5 Å². The summed E-state index contributed by atoms with van der Waals surface area (Å²) in [6.07, 6.45) is 20.1. The second kappa shape index (κ2) is 27.0. The number of anilines is 1. The van der Waals surface area contributed by atoms with Gasteiger partial charge in [0.25, 0.3) is 0 Å². The molecule has 2 amide bonds. The van der Waals surface area contributed by atoms with Crippen LogP contribution in [0.3, 0.4) is 0 Å². The summed E-state index contributed by atoms with van der Waals surface area (Å²) in [5.41, 5.74) is 2.67. The molecule has 2 aromatic carbocycles. The minimum atomic E-state index is -4.25. The standard InChI is InChI=1S/C52H78N4O10S/c1-6-9-10-11-12-13-14-15-16-19-30-53-51(60)65-41-26-29-47-45(36-41)49-43(23-18-21-33-58)39(22-17-20-32-57)35-44-46(55-63-5)37-48(52(66-47,50(44)49)64-34-8-3)56(31-7-2)67(61,62)42-27-24-40(25-28-42)54-38(4)59/h8,24-29,35-36,39,43,48-50,57-58H,3,6-7,9-23,30-34,37H2,1-2,4-5H3,(H,53,60)(H,54,59). The fourth-order valence-corrected chi connectivity index (χ4v) is 12.2. The highest BCUT2D eigenvalue weighted by atomic mass is 32.2. The van der Waals surface area contributed by atoms with Crippen molar-refractivity contribution in [2.24, 2.45) is 22.9 Å². The van der Waals surface area contributed by atoms with Gasteiger partial charge in [-0.2, -0.15) is 4.31 Å². The number of benzene rings is 2. The SMILES string of the molecule is C=CCOC12Oc3ccc(OC(=O)NCCCCCCCCCCCC)cc3C3C(CCCCO)C(CCCCO)C=C(C(=NOC)CC1N(CCC)S(=O)(=O)c1ccc(NC(C)=O)cc1)C32. The van der Waals surface area contributed by atoms with Crippen molar-refractivity contribution in [3.63, 3.8) is 0 Å². The van der Waals surface area contributed by atoms with Crippen molar-refractivity contribution in [1.82, 2.24) is 9.62 Å². The molecule has 0 bridgehead atoms. The van der Waals surface area contributed by atoms with Gasteiger partial charge in [0, 0.05) is 56.8 Å². The first-order valence-electron chi connectivity index (χ1n) is 25.0. The van der Waals surface area contributed by atoms with Crippen LogP contribution in [-0.2, 0) is 24.4 Å². The normalized spacial score (nSPS) is 22.6. The summed E-state index contributed by atoms with van der Waals surface area (Å²) < 4.78 is 51.9. The number of aliphatic hydroxyl groups is 2. The monoisotopic (exact) mass is 951 g/mol. The minimum Gasteiger partial charge on any atom is -0.460 e. The smallest absolute Gasteiger partial charge is 0.412 e. The lowest BCUT2D eigenvalue weighted by Crippen LogP contribution is -2.70. The van der Waals surface area contributed by atoms with E-state index in [1.54, 1.807) is 30.3 Å². The summed E-state index contributed by atoms with van der Waals surface area (Å²) in [5, 5.41) is 30.1. The Morgan fingerprint density at radius 3 is 2.21 bits per heavy atom. The highest BCUT2D eigenvalue weighted by molar-refractivity contribution is 7.89. The van der Waals surface area contributed by atoms with Crippen molar-refractivity contribution in [3.05, 3.63) is 72.3 Å². The van der Waals surface area contributed by atoms with Gasteiger partial charge in [-0.05, 0) is 98.4 Å². The van der Waals surface area contributed by atoms with Crippen LogP contribution >= 0.6 is 0 Å².